The molecule has 0 spiro atoms. The van der Waals surface area contributed by atoms with Crippen LogP contribution in [0.25, 0.3) is 0 Å². The normalized spacial score (nSPS) is 20.1. The van der Waals surface area contributed by atoms with Crippen LogP contribution in [0.4, 0.5) is 20.6 Å². The molecule has 28 heavy (non-hydrogen) atoms. The van der Waals surface area contributed by atoms with Gasteiger partial charge in [-0.15, -0.1) is 0 Å². The molecule has 0 unspecified atom stereocenters. The van der Waals surface area contributed by atoms with E-state index in [0.717, 1.165) is 43.9 Å². The van der Waals surface area contributed by atoms with E-state index in [0.29, 0.717) is 24.3 Å². The Morgan fingerprint density at radius 3 is 3.00 bits per heavy atom. The van der Waals surface area contributed by atoms with E-state index in [1.165, 1.54) is 11.0 Å². The maximum absolute atomic E-state index is 14.7. The Morgan fingerprint density at radius 2 is 2.21 bits per heavy atom. The summed E-state index contributed by atoms with van der Waals surface area (Å²) < 4.78 is 20.1. The predicted octanol–water partition coefficient (Wildman–Crippen LogP) is 3.40. The first-order chi connectivity index (χ1) is 13.6. The van der Waals surface area contributed by atoms with Gasteiger partial charge in [-0.05, 0) is 36.8 Å². The van der Waals surface area contributed by atoms with Crippen LogP contribution in [0.2, 0.25) is 0 Å². The van der Waals surface area contributed by atoms with Gasteiger partial charge in [0, 0.05) is 25.3 Å². The SMILES string of the molecule is CCCCC(=O)NC[C@H]1CN(c2ccc(N3CCCSCC3)c(F)c2)C(=O)O1. The molecule has 1 aromatic rings. The highest BCUT2D eigenvalue weighted by Gasteiger charge is 2.33. The predicted molar refractivity (Wildman–Crippen MR) is 111 cm³/mol. The molecule has 0 saturated carbocycles. The van der Waals surface area contributed by atoms with Crippen molar-refractivity contribution in [1.29, 1.82) is 0 Å². The van der Waals surface area contributed by atoms with E-state index < -0.39 is 12.2 Å². The van der Waals surface area contributed by atoms with Gasteiger partial charge in [0.2, 0.25) is 5.91 Å². The van der Waals surface area contributed by atoms with E-state index in [9.17, 15) is 14.0 Å². The second-order valence-electron chi connectivity index (χ2n) is 7.11. The minimum absolute atomic E-state index is 0.0395. The Morgan fingerprint density at radius 1 is 1.36 bits per heavy atom. The molecule has 2 aliphatic heterocycles. The maximum Gasteiger partial charge on any atom is 0.414 e. The fourth-order valence-corrected chi connectivity index (χ4v) is 4.29. The Labute approximate surface area is 169 Å². The zero-order valence-corrected chi connectivity index (χ0v) is 17.1. The Kier molecular flexibility index (Phi) is 7.42. The molecule has 2 amide bonds. The fourth-order valence-electron chi connectivity index (χ4n) is 3.40. The van der Waals surface area contributed by atoms with Gasteiger partial charge in [0.15, 0.2) is 0 Å². The summed E-state index contributed by atoms with van der Waals surface area (Å²) in [5.41, 5.74) is 1.06. The molecule has 2 heterocycles. The third-order valence-electron chi connectivity index (χ3n) is 4.96. The van der Waals surface area contributed by atoms with E-state index >= 15 is 0 Å². The molecular weight excluding hydrogens is 381 g/mol. The van der Waals surface area contributed by atoms with Crippen molar-refractivity contribution in [3.63, 3.8) is 0 Å². The summed E-state index contributed by atoms with van der Waals surface area (Å²) in [5.74, 6) is 1.73. The Hall–Kier alpha value is -1.96. The molecule has 0 radical (unpaired) electrons. The summed E-state index contributed by atoms with van der Waals surface area (Å²) in [4.78, 5) is 27.4. The number of carbonyl (C=O) groups excluding carboxylic acids is 2. The third-order valence-corrected chi connectivity index (χ3v) is 6.01. The molecule has 6 nitrogen and oxygen atoms in total. The smallest absolute Gasteiger partial charge is 0.414 e. The van der Waals surface area contributed by atoms with Crippen molar-refractivity contribution in [3.8, 4) is 0 Å². The maximum atomic E-state index is 14.7. The first-order valence-electron chi connectivity index (χ1n) is 9.95. The molecule has 2 fully saturated rings. The van der Waals surface area contributed by atoms with Gasteiger partial charge in [0.1, 0.15) is 11.9 Å². The van der Waals surface area contributed by atoms with Gasteiger partial charge >= 0.3 is 6.09 Å². The van der Waals surface area contributed by atoms with Gasteiger partial charge < -0.3 is 15.0 Å². The number of unbranched alkanes of at least 4 members (excludes halogenated alkanes) is 1. The molecule has 154 valence electrons. The van der Waals surface area contributed by atoms with Crippen LogP contribution < -0.4 is 15.1 Å². The van der Waals surface area contributed by atoms with Crippen molar-refractivity contribution in [2.75, 3.05) is 47.5 Å². The van der Waals surface area contributed by atoms with E-state index in [2.05, 4.69) is 10.2 Å². The van der Waals surface area contributed by atoms with Crippen LogP contribution in [0.3, 0.4) is 0 Å². The highest BCUT2D eigenvalue weighted by Crippen LogP contribution is 2.29. The van der Waals surface area contributed by atoms with Crippen LogP contribution in [0.15, 0.2) is 18.2 Å². The number of rotatable bonds is 7. The van der Waals surface area contributed by atoms with E-state index in [1.54, 1.807) is 12.1 Å². The largest absolute Gasteiger partial charge is 0.442 e. The minimum atomic E-state index is -0.508. The number of cyclic esters (lactones) is 1. The minimum Gasteiger partial charge on any atom is -0.442 e. The van der Waals surface area contributed by atoms with Gasteiger partial charge in [-0.25, -0.2) is 9.18 Å². The Bertz CT molecular complexity index is 695. The summed E-state index contributed by atoms with van der Waals surface area (Å²) in [6.07, 6.45) is 2.37. The number of halogens is 1. The summed E-state index contributed by atoms with van der Waals surface area (Å²) in [6.45, 7) is 4.27. The summed E-state index contributed by atoms with van der Waals surface area (Å²) in [7, 11) is 0. The number of anilines is 2. The van der Waals surface area contributed by atoms with Gasteiger partial charge in [0.05, 0.1) is 24.5 Å². The second-order valence-corrected chi connectivity index (χ2v) is 8.34. The fraction of sp³-hybridized carbons (Fsp3) is 0.600. The molecule has 2 saturated heterocycles. The zero-order valence-electron chi connectivity index (χ0n) is 16.3. The Balaban J connectivity index is 1.59. The van der Waals surface area contributed by atoms with Crippen LogP contribution in [0.1, 0.15) is 32.6 Å². The first-order valence-corrected chi connectivity index (χ1v) is 11.1. The van der Waals surface area contributed by atoms with Crippen molar-refractivity contribution in [3.05, 3.63) is 24.0 Å². The topological polar surface area (TPSA) is 61.9 Å². The van der Waals surface area contributed by atoms with Crippen molar-refractivity contribution >= 4 is 35.1 Å². The number of ether oxygens (including phenoxy) is 1. The quantitative estimate of drug-likeness (QED) is 0.748. The van der Waals surface area contributed by atoms with Crippen molar-refractivity contribution in [2.24, 2.45) is 0 Å². The van der Waals surface area contributed by atoms with Crippen molar-refractivity contribution < 1.29 is 18.7 Å². The number of amides is 2. The lowest BCUT2D eigenvalue weighted by atomic mass is 10.2. The molecular formula is C20H28FN3O3S. The number of hydrogen-bond donors (Lipinski definition) is 1. The molecule has 1 atom stereocenters. The molecule has 0 aromatic heterocycles. The highest BCUT2D eigenvalue weighted by atomic mass is 32.2. The lowest BCUT2D eigenvalue weighted by molar-refractivity contribution is -0.121. The van der Waals surface area contributed by atoms with Crippen LogP contribution >= 0.6 is 11.8 Å². The van der Waals surface area contributed by atoms with Gasteiger partial charge in [-0.3, -0.25) is 9.69 Å². The number of hydrogen-bond acceptors (Lipinski definition) is 5. The van der Waals surface area contributed by atoms with E-state index in [1.807, 2.05) is 18.7 Å². The van der Waals surface area contributed by atoms with Gasteiger partial charge in [-0.2, -0.15) is 11.8 Å². The standard InChI is InChI=1S/C20H28FN3O3S/c1-2-3-5-19(25)22-13-16-14-24(20(26)27-16)15-6-7-18(17(21)12-15)23-8-4-10-28-11-9-23/h6-7,12,16H,2-5,8-11,13-14H2,1H3,(H,22,25)/t16-/m0/s1. The molecule has 0 bridgehead atoms. The lowest BCUT2D eigenvalue weighted by Gasteiger charge is -2.24. The molecule has 0 aliphatic carbocycles. The van der Waals surface area contributed by atoms with Crippen LogP contribution in [0, 0.1) is 5.82 Å². The number of nitrogens with one attached hydrogen (secondary N) is 1. The summed E-state index contributed by atoms with van der Waals surface area (Å²) in [6, 6.07) is 4.91. The average molecular weight is 410 g/mol. The first kappa shape index (κ1) is 20.8. The lowest BCUT2D eigenvalue weighted by Crippen LogP contribution is -2.34. The molecule has 8 heteroatoms. The highest BCUT2D eigenvalue weighted by molar-refractivity contribution is 7.99. The zero-order chi connectivity index (χ0) is 19.9. The van der Waals surface area contributed by atoms with Gasteiger partial charge in [-0.1, -0.05) is 13.3 Å². The number of benzene rings is 1. The molecule has 1 N–H and O–H groups in total. The number of thioether (sulfide) groups is 1. The third kappa shape index (κ3) is 5.31. The van der Waals surface area contributed by atoms with Crippen LogP contribution in [-0.4, -0.2) is 55.8 Å². The van der Waals surface area contributed by atoms with Gasteiger partial charge in [0.25, 0.3) is 0 Å². The number of carbonyl (C=O) groups is 2. The molecule has 3 rings (SSSR count). The molecule has 1 aromatic carbocycles. The van der Waals surface area contributed by atoms with Crippen LogP contribution in [-0.2, 0) is 9.53 Å². The monoisotopic (exact) mass is 409 g/mol. The van der Waals surface area contributed by atoms with Crippen LogP contribution in [0.5, 0.6) is 0 Å². The average Bonchev–Trinajstić information content (AvgIpc) is 2.88. The molecule has 2 aliphatic rings. The summed E-state index contributed by atoms with van der Waals surface area (Å²) >= 11 is 1.89. The van der Waals surface area contributed by atoms with E-state index in [4.69, 9.17) is 4.74 Å². The number of nitrogens with zero attached hydrogens (tertiary/aromatic N) is 2. The summed E-state index contributed by atoms with van der Waals surface area (Å²) in [5, 5.41) is 2.80. The van der Waals surface area contributed by atoms with Crippen molar-refractivity contribution in [1.82, 2.24) is 5.32 Å². The second kappa shape index (κ2) is 10.0. The van der Waals surface area contributed by atoms with E-state index in [-0.39, 0.29) is 18.3 Å². The van der Waals surface area contributed by atoms with Crippen molar-refractivity contribution in [2.45, 2.75) is 38.7 Å².